The molecule has 7 heteroatoms. The van der Waals surface area contributed by atoms with Gasteiger partial charge in [-0.05, 0) is 0 Å². The summed E-state index contributed by atoms with van der Waals surface area (Å²) in [6.07, 6.45) is 0. The van der Waals surface area contributed by atoms with Crippen LogP contribution in [-0.4, -0.2) is 13.0 Å². The van der Waals surface area contributed by atoms with Gasteiger partial charge in [-0.25, -0.2) is 13.6 Å². The van der Waals surface area contributed by atoms with E-state index in [0.717, 1.165) is 0 Å². The minimum absolute atomic E-state index is 0. The van der Waals surface area contributed by atoms with Gasteiger partial charge in [0.25, 0.3) is 0 Å². The fourth-order valence-corrected chi connectivity index (χ4v) is 0. The Morgan fingerprint density at radius 1 is 1.29 bits per heavy atom. The average Bonchev–Trinajstić information content (AvgIpc) is 0.722. The van der Waals surface area contributed by atoms with Crippen molar-refractivity contribution in [2.45, 2.75) is 0 Å². The van der Waals surface area contributed by atoms with Gasteiger partial charge in [-0.15, -0.1) is 0 Å². The Labute approximate surface area is 62.7 Å². The molecule has 0 aromatic rings. The molecule has 7 heavy (non-hydrogen) atoms. The van der Waals surface area contributed by atoms with E-state index in [-0.39, 0.29) is 34.1 Å². The number of hydrogen-bond donors (Lipinski definition) is 1. The van der Waals surface area contributed by atoms with Crippen molar-refractivity contribution in [2.24, 2.45) is 5.14 Å². The van der Waals surface area contributed by atoms with Gasteiger partial charge in [-0.1, -0.05) is 0 Å². The normalized spacial score (nSPS) is 8.29. The summed E-state index contributed by atoms with van der Waals surface area (Å²) in [6.45, 7) is 0. The fraction of sp³-hybridized carbons (Fsp3) is 0. The Hall–Kier alpha value is 0.909. The Morgan fingerprint density at radius 2 is 1.29 bits per heavy atom. The van der Waals surface area contributed by atoms with Crippen LogP contribution in [0.1, 0.15) is 0 Å². The van der Waals surface area contributed by atoms with Crippen molar-refractivity contribution < 1.29 is 47.1 Å². The minimum atomic E-state index is -4.42. The predicted octanol–water partition coefficient (Wildman–Crippen LogP) is -1.60. The molecule has 0 unspecified atom stereocenters. The molecule has 0 heterocycles. The number of rotatable bonds is 0. The first-order valence-corrected chi connectivity index (χ1v) is 2.21. The second-order valence-corrected chi connectivity index (χ2v) is 1.48. The summed E-state index contributed by atoms with van der Waals surface area (Å²) in [7, 11) is -4.42. The maximum Gasteiger partial charge on any atom is 2.00 e. The molecule has 4 nitrogen and oxygen atoms in total. The van der Waals surface area contributed by atoms with E-state index in [0.29, 0.717) is 0 Å². The van der Waals surface area contributed by atoms with Crippen LogP contribution in [0.5, 0.6) is 0 Å². The number of nitrogens with two attached hydrogens (primary N) is 1. The Balaban J connectivity index is -0.0000000800. The molecule has 0 bridgehead atoms. The van der Waals surface area contributed by atoms with Gasteiger partial charge in [0.05, 0.1) is 0 Å². The number of hydrogen-bond acceptors (Lipinski definition) is 3. The Kier molecular flexibility index (Phi) is 11.3. The van der Waals surface area contributed by atoms with Gasteiger partial charge in [-0.2, -0.15) is 0 Å². The third kappa shape index (κ3) is 202. The van der Waals surface area contributed by atoms with E-state index >= 15 is 0 Å². The van der Waals surface area contributed by atoms with Crippen molar-refractivity contribution in [2.75, 3.05) is 0 Å². The van der Waals surface area contributed by atoms with Crippen LogP contribution in [0, 0.1) is 0 Å². The molecule has 0 fully saturated rings. The van der Waals surface area contributed by atoms with Gasteiger partial charge in [0.1, 0.15) is 0 Å². The summed E-state index contributed by atoms with van der Waals surface area (Å²) in [5.41, 5.74) is 0. The molecule has 0 atom stereocenters. The van der Waals surface area contributed by atoms with Gasteiger partial charge in [0.15, 0.2) is 10.3 Å². The predicted molar refractivity (Wildman–Crippen MR) is 13.9 cm³/mol. The van der Waals surface area contributed by atoms with Crippen molar-refractivity contribution in [3.05, 3.63) is 0 Å². The zero-order valence-electron chi connectivity index (χ0n) is 2.92. The van der Waals surface area contributed by atoms with Gasteiger partial charge >= 0.3 is 34.1 Å². The summed E-state index contributed by atoms with van der Waals surface area (Å²) in [5.74, 6) is 0. The second-order valence-electron chi connectivity index (χ2n) is 0.493. The molecular formula is H2Fe2NO3S+3. The van der Waals surface area contributed by atoms with Crippen LogP contribution in [0.25, 0.3) is 0 Å². The first-order chi connectivity index (χ1) is 2.00. The van der Waals surface area contributed by atoms with Crippen molar-refractivity contribution in [1.29, 1.82) is 0 Å². The van der Waals surface area contributed by atoms with Crippen LogP contribution < -0.4 is 5.14 Å². The maximum atomic E-state index is 8.85. The van der Waals surface area contributed by atoms with E-state index in [9.17, 15) is 0 Å². The molecule has 0 rings (SSSR count). The van der Waals surface area contributed by atoms with E-state index in [1.807, 2.05) is 0 Å². The molecule has 0 amide bonds. The molecule has 0 aliphatic carbocycles. The molecule has 0 saturated carbocycles. The molecule has 0 aromatic carbocycles. The van der Waals surface area contributed by atoms with Crippen molar-refractivity contribution >= 4 is 10.3 Å². The largest absolute Gasteiger partial charge is 2.00 e. The summed E-state index contributed by atoms with van der Waals surface area (Å²) in [5, 5.41) is 3.77. The molecule has 0 aliphatic rings. The second kappa shape index (κ2) is 5.05. The zero-order valence-corrected chi connectivity index (χ0v) is 5.94. The van der Waals surface area contributed by atoms with Crippen LogP contribution in [0.4, 0.5) is 0 Å². The van der Waals surface area contributed by atoms with Crippen molar-refractivity contribution in [3.8, 4) is 0 Å². The summed E-state index contributed by atoms with van der Waals surface area (Å²) in [6, 6.07) is 0. The summed E-state index contributed by atoms with van der Waals surface area (Å²) < 4.78 is 26.6. The summed E-state index contributed by atoms with van der Waals surface area (Å²) in [4.78, 5) is 0. The van der Waals surface area contributed by atoms with E-state index in [1.165, 1.54) is 0 Å². The van der Waals surface area contributed by atoms with Crippen LogP contribution in [0.15, 0.2) is 0 Å². The van der Waals surface area contributed by atoms with Crippen LogP contribution in [-0.2, 0) is 44.4 Å². The molecular weight excluding hydrogens is 206 g/mol. The molecule has 0 aromatic heterocycles. The smallest absolute Gasteiger partial charge is 0.736 e. The van der Waals surface area contributed by atoms with Crippen LogP contribution in [0.2, 0.25) is 0 Å². The maximum absolute atomic E-state index is 8.85. The van der Waals surface area contributed by atoms with Crippen LogP contribution >= 0.6 is 0 Å². The molecule has 2 N–H and O–H groups in total. The molecule has 0 saturated heterocycles. The first-order valence-electron chi connectivity index (χ1n) is 0.736. The summed E-state index contributed by atoms with van der Waals surface area (Å²) >= 11 is 0. The Bertz CT molecular complexity index is 96.1. The standard InChI is InChI=1S/2Fe.H3NO3S/c;;1-5(2,3)4/h;;(H3,1,2,3,4)/q2*+2;/p-1. The molecule has 0 aliphatic heterocycles. The van der Waals surface area contributed by atoms with Gasteiger partial charge in [-0.3, -0.25) is 0 Å². The van der Waals surface area contributed by atoms with E-state index in [2.05, 4.69) is 5.14 Å². The molecule has 0 radical (unpaired) electrons. The monoisotopic (exact) mass is 208 g/mol. The van der Waals surface area contributed by atoms with Crippen LogP contribution in [0.3, 0.4) is 0 Å². The topological polar surface area (TPSA) is 83.2 Å². The van der Waals surface area contributed by atoms with Gasteiger partial charge in [0.2, 0.25) is 0 Å². The SMILES string of the molecule is NS(=O)(=O)[O-].[Fe+2].[Fe+2]. The van der Waals surface area contributed by atoms with Gasteiger partial charge < -0.3 is 4.55 Å². The molecule has 44 valence electrons. The van der Waals surface area contributed by atoms with E-state index < -0.39 is 10.3 Å². The van der Waals surface area contributed by atoms with Gasteiger partial charge in [0, 0.05) is 0 Å². The molecule has 0 spiro atoms. The zero-order chi connectivity index (χ0) is 4.50. The third-order valence-electron chi connectivity index (χ3n) is 0. The van der Waals surface area contributed by atoms with Crippen molar-refractivity contribution in [1.82, 2.24) is 0 Å². The fourth-order valence-electron chi connectivity index (χ4n) is 0. The Morgan fingerprint density at radius 3 is 1.29 bits per heavy atom. The quantitative estimate of drug-likeness (QED) is 0.384. The van der Waals surface area contributed by atoms with Crippen molar-refractivity contribution in [3.63, 3.8) is 0 Å². The average molecular weight is 208 g/mol. The first kappa shape index (κ1) is 15.7. The van der Waals surface area contributed by atoms with E-state index in [4.69, 9.17) is 13.0 Å². The minimum Gasteiger partial charge on any atom is -0.736 e. The van der Waals surface area contributed by atoms with E-state index in [1.54, 1.807) is 0 Å². The third-order valence-corrected chi connectivity index (χ3v) is 0.